The Morgan fingerprint density at radius 1 is 1.04 bits per heavy atom. The van der Waals surface area contributed by atoms with E-state index >= 15 is 0 Å². The first-order chi connectivity index (χ1) is 12.6. The molecule has 0 atom stereocenters. The molecule has 26 heavy (non-hydrogen) atoms. The molecule has 5 heteroatoms. The Morgan fingerprint density at radius 2 is 1.73 bits per heavy atom. The Bertz CT molecular complexity index is 884. The van der Waals surface area contributed by atoms with Gasteiger partial charge in [-0.2, -0.15) is 5.10 Å². The summed E-state index contributed by atoms with van der Waals surface area (Å²) < 4.78 is 7.07. The molecule has 0 spiro atoms. The molecule has 0 aliphatic carbocycles. The fourth-order valence-corrected chi connectivity index (χ4v) is 2.90. The van der Waals surface area contributed by atoms with Crippen molar-refractivity contribution in [3.8, 4) is 5.75 Å². The summed E-state index contributed by atoms with van der Waals surface area (Å²) in [6.07, 6.45) is 0.312. The molecule has 0 aliphatic rings. The topological polar surface area (TPSA) is 56.1 Å². The molecule has 0 saturated heterocycles. The van der Waals surface area contributed by atoms with Gasteiger partial charge in [0.25, 0.3) is 0 Å². The number of anilines is 1. The van der Waals surface area contributed by atoms with Gasteiger partial charge in [0, 0.05) is 0 Å². The zero-order valence-electron chi connectivity index (χ0n) is 15.3. The average Bonchev–Trinajstić information content (AvgIpc) is 2.90. The fraction of sp³-hybridized carbons (Fsp3) is 0.238. The molecule has 0 bridgehead atoms. The van der Waals surface area contributed by atoms with E-state index in [0.717, 1.165) is 28.4 Å². The third kappa shape index (κ3) is 4.11. The minimum Gasteiger partial charge on any atom is -0.497 e. The van der Waals surface area contributed by atoms with Crippen LogP contribution in [0.5, 0.6) is 5.75 Å². The average molecular weight is 349 g/mol. The molecule has 3 rings (SSSR count). The molecule has 0 unspecified atom stereocenters. The molecule has 3 aromatic rings. The van der Waals surface area contributed by atoms with E-state index in [1.54, 1.807) is 7.11 Å². The molecule has 0 aliphatic heterocycles. The van der Waals surface area contributed by atoms with Crippen molar-refractivity contribution in [3.63, 3.8) is 0 Å². The Balaban J connectivity index is 1.69. The van der Waals surface area contributed by atoms with Crippen molar-refractivity contribution in [3.05, 3.63) is 77.1 Å². The maximum Gasteiger partial charge on any atom is 0.228 e. The quantitative estimate of drug-likeness (QED) is 0.737. The van der Waals surface area contributed by atoms with Crippen LogP contribution in [0.4, 0.5) is 5.69 Å². The summed E-state index contributed by atoms with van der Waals surface area (Å²) in [7, 11) is 1.63. The van der Waals surface area contributed by atoms with Gasteiger partial charge in [-0.1, -0.05) is 42.5 Å². The van der Waals surface area contributed by atoms with Gasteiger partial charge in [-0.25, -0.2) is 0 Å². The highest BCUT2D eigenvalue weighted by atomic mass is 16.5. The van der Waals surface area contributed by atoms with Crippen LogP contribution in [0.25, 0.3) is 0 Å². The lowest BCUT2D eigenvalue weighted by molar-refractivity contribution is -0.115. The zero-order chi connectivity index (χ0) is 18.5. The van der Waals surface area contributed by atoms with E-state index < -0.39 is 0 Å². The highest BCUT2D eigenvalue weighted by Gasteiger charge is 2.14. The Kier molecular flexibility index (Phi) is 5.37. The van der Waals surface area contributed by atoms with E-state index in [1.807, 2.05) is 61.0 Å². The second-order valence-corrected chi connectivity index (χ2v) is 6.26. The maximum atomic E-state index is 12.4. The van der Waals surface area contributed by atoms with Crippen LogP contribution in [0.2, 0.25) is 0 Å². The number of amides is 1. The summed E-state index contributed by atoms with van der Waals surface area (Å²) >= 11 is 0. The van der Waals surface area contributed by atoms with E-state index in [1.165, 1.54) is 5.56 Å². The van der Waals surface area contributed by atoms with E-state index in [-0.39, 0.29) is 5.91 Å². The number of nitrogens with one attached hydrogen (secondary N) is 1. The van der Waals surface area contributed by atoms with E-state index in [2.05, 4.69) is 22.5 Å². The first-order valence-corrected chi connectivity index (χ1v) is 8.57. The van der Waals surface area contributed by atoms with Gasteiger partial charge < -0.3 is 10.1 Å². The van der Waals surface area contributed by atoms with E-state index in [0.29, 0.717) is 13.0 Å². The second-order valence-electron chi connectivity index (χ2n) is 6.26. The molecule has 0 saturated carbocycles. The van der Waals surface area contributed by atoms with Crippen molar-refractivity contribution >= 4 is 11.6 Å². The third-order valence-electron chi connectivity index (χ3n) is 4.34. The lowest BCUT2D eigenvalue weighted by Gasteiger charge is -2.08. The summed E-state index contributed by atoms with van der Waals surface area (Å²) in [5.74, 6) is 0.726. The molecule has 0 fully saturated rings. The minimum atomic E-state index is -0.0550. The smallest absolute Gasteiger partial charge is 0.228 e. The van der Waals surface area contributed by atoms with Gasteiger partial charge in [-0.3, -0.25) is 9.48 Å². The van der Waals surface area contributed by atoms with Crippen LogP contribution in [-0.4, -0.2) is 22.8 Å². The molecule has 134 valence electrons. The number of hydrogen-bond donors (Lipinski definition) is 1. The predicted octanol–water partition coefficient (Wildman–Crippen LogP) is 3.74. The molecule has 0 radical (unpaired) electrons. The maximum absolute atomic E-state index is 12.4. The van der Waals surface area contributed by atoms with Gasteiger partial charge in [0.05, 0.1) is 37.2 Å². The first-order valence-electron chi connectivity index (χ1n) is 8.57. The van der Waals surface area contributed by atoms with Crippen molar-refractivity contribution in [2.45, 2.75) is 26.8 Å². The number of benzene rings is 2. The summed E-state index contributed by atoms with van der Waals surface area (Å²) in [5, 5.41) is 7.58. The third-order valence-corrected chi connectivity index (χ3v) is 4.34. The zero-order valence-corrected chi connectivity index (χ0v) is 15.3. The monoisotopic (exact) mass is 349 g/mol. The summed E-state index contributed by atoms with van der Waals surface area (Å²) in [6, 6.07) is 17.7. The van der Waals surface area contributed by atoms with Gasteiger partial charge in [0.2, 0.25) is 5.91 Å². The van der Waals surface area contributed by atoms with Crippen LogP contribution in [-0.2, 0) is 17.8 Å². The number of carbonyl (C=O) groups excluding carboxylic acids is 1. The van der Waals surface area contributed by atoms with Crippen LogP contribution in [0.3, 0.4) is 0 Å². The number of methoxy groups -OCH3 is 1. The van der Waals surface area contributed by atoms with Gasteiger partial charge in [0.15, 0.2) is 0 Å². The van der Waals surface area contributed by atoms with Gasteiger partial charge >= 0.3 is 0 Å². The fourth-order valence-electron chi connectivity index (χ4n) is 2.90. The van der Waals surface area contributed by atoms with Crippen LogP contribution >= 0.6 is 0 Å². The van der Waals surface area contributed by atoms with E-state index in [4.69, 9.17) is 4.74 Å². The Morgan fingerprint density at radius 3 is 2.38 bits per heavy atom. The van der Waals surface area contributed by atoms with Crippen molar-refractivity contribution in [1.29, 1.82) is 0 Å². The van der Waals surface area contributed by atoms with Gasteiger partial charge in [-0.05, 0) is 37.1 Å². The van der Waals surface area contributed by atoms with E-state index in [9.17, 15) is 4.79 Å². The van der Waals surface area contributed by atoms with Crippen LogP contribution in [0.1, 0.15) is 22.5 Å². The van der Waals surface area contributed by atoms with Crippen LogP contribution < -0.4 is 10.1 Å². The highest BCUT2D eigenvalue weighted by Crippen LogP contribution is 2.21. The molecular formula is C21H23N3O2. The van der Waals surface area contributed by atoms with Crippen molar-refractivity contribution < 1.29 is 9.53 Å². The van der Waals surface area contributed by atoms with Crippen molar-refractivity contribution in [2.24, 2.45) is 0 Å². The lowest BCUT2D eigenvalue weighted by Crippen LogP contribution is -2.15. The van der Waals surface area contributed by atoms with Crippen LogP contribution in [0, 0.1) is 13.8 Å². The number of hydrogen-bond acceptors (Lipinski definition) is 3. The number of aromatic nitrogens is 2. The number of nitrogens with zero attached hydrogens (tertiary/aromatic N) is 2. The molecule has 2 aromatic carbocycles. The largest absolute Gasteiger partial charge is 0.497 e. The lowest BCUT2D eigenvalue weighted by atomic mass is 10.1. The van der Waals surface area contributed by atoms with Gasteiger partial charge in [-0.15, -0.1) is 0 Å². The number of ether oxygens (including phenoxy) is 1. The predicted molar refractivity (Wildman–Crippen MR) is 103 cm³/mol. The normalized spacial score (nSPS) is 10.6. The number of carbonyl (C=O) groups is 1. The second kappa shape index (κ2) is 7.87. The Labute approximate surface area is 153 Å². The standard InChI is InChI=1S/C21H23N3O2/c1-15-21(16(2)24(23-15)14-18-7-5-4-6-8-18)22-20(25)13-17-9-11-19(26-3)12-10-17/h4-12H,13-14H2,1-3H3,(H,22,25). The molecule has 1 N–H and O–H groups in total. The van der Waals surface area contributed by atoms with Crippen molar-refractivity contribution in [2.75, 3.05) is 12.4 Å². The summed E-state index contributed by atoms with van der Waals surface area (Å²) in [4.78, 5) is 12.4. The first kappa shape index (κ1) is 17.7. The Hall–Kier alpha value is -3.08. The summed E-state index contributed by atoms with van der Waals surface area (Å²) in [6.45, 7) is 4.57. The highest BCUT2D eigenvalue weighted by molar-refractivity contribution is 5.93. The van der Waals surface area contributed by atoms with Crippen molar-refractivity contribution in [1.82, 2.24) is 9.78 Å². The molecule has 1 amide bonds. The molecule has 1 aromatic heterocycles. The van der Waals surface area contributed by atoms with Crippen LogP contribution in [0.15, 0.2) is 54.6 Å². The summed E-state index contributed by atoms with van der Waals surface area (Å²) in [5.41, 5.74) is 4.68. The molecule has 5 nitrogen and oxygen atoms in total. The molecular weight excluding hydrogens is 326 g/mol. The number of aryl methyl sites for hydroxylation is 1. The minimum absolute atomic E-state index is 0.0550. The van der Waals surface area contributed by atoms with Gasteiger partial charge in [0.1, 0.15) is 5.75 Å². The SMILES string of the molecule is COc1ccc(CC(=O)Nc2c(C)nn(Cc3ccccc3)c2C)cc1. The number of rotatable bonds is 6. The molecule has 1 heterocycles.